The van der Waals surface area contributed by atoms with Gasteiger partial charge in [-0.05, 0) is 25.8 Å². The van der Waals surface area contributed by atoms with Gasteiger partial charge in [-0.15, -0.1) is 0 Å². The lowest BCUT2D eigenvalue weighted by atomic mass is 9.78. The maximum atomic E-state index is 14.2. The molecule has 1 aromatic rings. The summed E-state index contributed by atoms with van der Waals surface area (Å²) in [5, 5.41) is 1.94. The van der Waals surface area contributed by atoms with E-state index in [4.69, 9.17) is 4.74 Å². The van der Waals surface area contributed by atoms with E-state index in [2.05, 4.69) is 4.74 Å². The van der Waals surface area contributed by atoms with Crippen molar-refractivity contribution in [1.29, 1.82) is 0 Å². The summed E-state index contributed by atoms with van der Waals surface area (Å²) in [6.45, 7) is 1.35. The fraction of sp³-hybridized carbons (Fsp3) is 0.471. The van der Waals surface area contributed by atoms with Gasteiger partial charge in [0.25, 0.3) is 5.91 Å². The zero-order chi connectivity index (χ0) is 17.7. The summed E-state index contributed by atoms with van der Waals surface area (Å²) in [7, 11) is 1.12. The van der Waals surface area contributed by atoms with Crippen LogP contribution in [0.5, 0.6) is 0 Å². The second-order valence-electron chi connectivity index (χ2n) is 5.80. The van der Waals surface area contributed by atoms with Gasteiger partial charge < -0.3 is 9.47 Å². The fourth-order valence-corrected chi connectivity index (χ4v) is 2.99. The third-order valence-electron chi connectivity index (χ3n) is 4.30. The van der Waals surface area contributed by atoms with Gasteiger partial charge in [0.1, 0.15) is 5.82 Å². The molecule has 1 fully saturated rings. The van der Waals surface area contributed by atoms with Crippen molar-refractivity contribution in [2.45, 2.75) is 44.1 Å². The maximum Gasteiger partial charge on any atom is 0.413 e. The highest BCUT2D eigenvalue weighted by Gasteiger charge is 2.46. The quantitative estimate of drug-likeness (QED) is 0.854. The average Bonchev–Trinajstić information content (AvgIpc) is 3.05. The lowest BCUT2D eigenvalue weighted by Crippen LogP contribution is -2.43. The molecule has 6 nitrogen and oxygen atoms in total. The molecule has 24 heavy (non-hydrogen) atoms. The van der Waals surface area contributed by atoms with Crippen LogP contribution in [0, 0.1) is 5.82 Å². The molecule has 0 bridgehead atoms. The van der Waals surface area contributed by atoms with Crippen molar-refractivity contribution in [2.75, 3.05) is 7.11 Å². The minimum absolute atomic E-state index is 0.285. The summed E-state index contributed by atoms with van der Waals surface area (Å²) in [4.78, 5) is 35.6. The zero-order valence-electron chi connectivity index (χ0n) is 13.6. The first-order chi connectivity index (χ1) is 11.4. The Bertz CT molecular complexity index is 640. The standard InChI is InChI=1S/C17H20FNO5/c1-11(14(20)19-16(22)23-2)24-15(21)17(9-5-6-10-17)12-7-3-4-8-13(12)18/h3-4,7-8,11H,5-6,9-10H2,1-2H3,(H,19,20,22)/t11-/m0/s1. The molecule has 0 heterocycles. The van der Waals surface area contributed by atoms with Crippen molar-refractivity contribution in [3.63, 3.8) is 0 Å². The molecule has 0 aliphatic heterocycles. The van der Waals surface area contributed by atoms with E-state index in [1.54, 1.807) is 18.2 Å². The van der Waals surface area contributed by atoms with E-state index < -0.39 is 35.3 Å². The Kier molecular flexibility index (Phi) is 5.54. The molecular weight excluding hydrogens is 317 g/mol. The molecular formula is C17H20FNO5. The molecule has 0 aromatic heterocycles. The summed E-state index contributed by atoms with van der Waals surface area (Å²) < 4.78 is 23.8. The van der Waals surface area contributed by atoms with Crippen LogP contribution in [-0.4, -0.2) is 31.2 Å². The topological polar surface area (TPSA) is 81.7 Å². The number of amides is 2. The second-order valence-corrected chi connectivity index (χ2v) is 5.80. The predicted molar refractivity (Wildman–Crippen MR) is 82.6 cm³/mol. The molecule has 0 spiro atoms. The summed E-state index contributed by atoms with van der Waals surface area (Å²) in [6, 6.07) is 6.09. The van der Waals surface area contributed by atoms with Gasteiger partial charge in [-0.2, -0.15) is 0 Å². The molecule has 1 aromatic carbocycles. The Balaban J connectivity index is 2.17. The highest BCUT2D eigenvalue weighted by molar-refractivity contribution is 5.95. The number of esters is 1. The fourth-order valence-electron chi connectivity index (χ4n) is 2.99. The molecule has 1 aliphatic rings. The molecule has 2 amide bonds. The SMILES string of the molecule is COC(=O)NC(=O)[C@H](C)OC(=O)C1(c2ccccc2F)CCCC1. The lowest BCUT2D eigenvalue weighted by Gasteiger charge is -2.28. The number of alkyl carbamates (subject to hydrolysis) is 1. The van der Waals surface area contributed by atoms with Crippen LogP contribution in [0.25, 0.3) is 0 Å². The second kappa shape index (κ2) is 7.42. The van der Waals surface area contributed by atoms with Gasteiger partial charge >= 0.3 is 12.1 Å². The molecule has 1 atom stereocenters. The molecule has 1 aliphatic carbocycles. The first kappa shape index (κ1) is 17.9. The minimum atomic E-state index is -1.19. The van der Waals surface area contributed by atoms with Crippen molar-refractivity contribution in [1.82, 2.24) is 5.32 Å². The van der Waals surface area contributed by atoms with E-state index in [1.165, 1.54) is 13.0 Å². The van der Waals surface area contributed by atoms with Gasteiger partial charge in [-0.3, -0.25) is 14.9 Å². The Morgan fingerprint density at radius 1 is 1.21 bits per heavy atom. The van der Waals surface area contributed by atoms with E-state index in [0.717, 1.165) is 20.0 Å². The number of carbonyl (C=O) groups excluding carboxylic acids is 3. The smallest absolute Gasteiger partial charge is 0.413 e. The molecule has 1 saturated carbocycles. The summed E-state index contributed by atoms with van der Waals surface area (Å²) in [5.41, 5.74) is -0.807. The van der Waals surface area contributed by atoms with E-state index in [9.17, 15) is 18.8 Å². The van der Waals surface area contributed by atoms with E-state index in [1.807, 2.05) is 5.32 Å². The monoisotopic (exact) mass is 337 g/mol. The van der Waals surface area contributed by atoms with Crippen molar-refractivity contribution >= 4 is 18.0 Å². The van der Waals surface area contributed by atoms with Crippen LogP contribution in [-0.2, 0) is 24.5 Å². The first-order valence-corrected chi connectivity index (χ1v) is 7.75. The lowest BCUT2D eigenvalue weighted by molar-refractivity contribution is -0.160. The van der Waals surface area contributed by atoms with Crippen molar-refractivity contribution in [2.24, 2.45) is 0 Å². The van der Waals surface area contributed by atoms with Crippen LogP contribution in [0.4, 0.5) is 9.18 Å². The predicted octanol–water partition coefficient (Wildman–Crippen LogP) is 2.45. The normalized spacial score (nSPS) is 17.0. The Morgan fingerprint density at radius 2 is 1.83 bits per heavy atom. The number of ether oxygens (including phenoxy) is 2. The van der Waals surface area contributed by atoms with Crippen molar-refractivity contribution in [3.8, 4) is 0 Å². The third-order valence-corrected chi connectivity index (χ3v) is 4.30. The summed E-state index contributed by atoms with van der Waals surface area (Å²) in [5.74, 6) is -1.92. The number of imide groups is 1. The van der Waals surface area contributed by atoms with E-state index in [-0.39, 0.29) is 5.56 Å². The van der Waals surface area contributed by atoms with Gasteiger partial charge in [0.05, 0.1) is 12.5 Å². The van der Waals surface area contributed by atoms with Crippen LogP contribution in [0.15, 0.2) is 24.3 Å². The molecule has 7 heteroatoms. The number of hydrogen-bond acceptors (Lipinski definition) is 5. The Labute approximate surface area is 139 Å². The number of methoxy groups -OCH3 is 1. The molecule has 0 radical (unpaired) electrons. The number of halogens is 1. The first-order valence-electron chi connectivity index (χ1n) is 7.75. The van der Waals surface area contributed by atoms with E-state index >= 15 is 0 Å². The largest absolute Gasteiger partial charge is 0.453 e. The summed E-state index contributed by atoms with van der Waals surface area (Å²) >= 11 is 0. The maximum absolute atomic E-state index is 14.2. The third kappa shape index (κ3) is 3.55. The van der Waals surface area contributed by atoms with Crippen LogP contribution < -0.4 is 5.32 Å². The van der Waals surface area contributed by atoms with Crippen LogP contribution in [0.3, 0.4) is 0 Å². The van der Waals surface area contributed by atoms with E-state index in [0.29, 0.717) is 12.8 Å². The number of benzene rings is 1. The van der Waals surface area contributed by atoms with Gasteiger partial charge in [0, 0.05) is 5.56 Å². The van der Waals surface area contributed by atoms with Crippen LogP contribution in [0.2, 0.25) is 0 Å². The number of carbonyl (C=O) groups is 3. The van der Waals surface area contributed by atoms with Crippen molar-refractivity contribution < 1.29 is 28.2 Å². The minimum Gasteiger partial charge on any atom is -0.453 e. The Hall–Kier alpha value is -2.44. The average molecular weight is 337 g/mol. The molecule has 1 N–H and O–H groups in total. The van der Waals surface area contributed by atoms with Crippen LogP contribution in [0.1, 0.15) is 38.2 Å². The number of hydrogen-bond donors (Lipinski definition) is 1. The number of rotatable bonds is 4. The van der Waals surface area contributed by atoms with Gasteiger partial charge in [-0.25, -0.2) is 9.18 Å². The molecule has 130 valence electrons. The Morgan fingerprint density at radius 3 is 2.42 bits per heavy atom. The van der Waals surface area contributed by atoms with Gasteiger partial charge in [0.2, 0.25) is 0 Å². The van der Waals surface area contributed by atoms with Crippen LogP contribution >= 0.6 is 0 Å². The van der Waals surface area contributed by atoms with Crippen molar-refractivity contribution in [3.05, 3.63) is 35.6 Å². The number of nitrogens with one attached hydrogen (secondary N) is 1. The van der Waals surface area contributed by atoms with Gasteiger partial charge in [0.15, 0.2) is 6.10 Å². The van der Waals surface area contributed by atoms with Gasteiger partial charge in [-0.1, -0.05) is 31.0 Å². The molecule has 0 unspecified atom stereocenters. The molecule has 0 saturated heterocycles. The zero-order valence-corrected chi connectivity index (χ0v) is 13.6. The highest BCUT2D eigenvalue weighted by Crippen LogP contribution is 2.43. The molecule has 2 rings (SSSR count). The highest BCUT2D eigenvalue weighted by atomic mass is 19.1. The summed E-state index contributed by atoms with van der Waals surface area (Å²) in [6.07, 6.45) is 0.322.